The minimum Gasteiger partial charge on any atom is -0.493 e. The van der Waals surface area contributed by atoms with E-state index in [0.717, 1.165) is 62.5 Å². The molecule has 0 radical (unpaired) electrons. The number of nitrogens with zero attached hydrogens (tertiary/aromatic N) is 2. The van der Waals surface area contributed by atoms with Gasteiger partial charge in [0.1, 0.15) is 11.4 Å². The van der Waals surface area contributed by atoms with Gasteiger partial charge in [0.15, 0.2) is 0 Å². The highest BCUT2D eigenvalue weighted by atomic mass is 16.5. The molecule has 146 valence electrons. The molecule has 2 aliphatic heterocycles. The van der Waals surface area contributed by atoms with Crippen molar-refractivity contribution in [3.05, 3.63) is 35.5 Å². The van der Waals surface area contributed by atoms with Gasteiger partial charge in [-0.3, -0.25) is 10.00 Å². The molecule has 1 aromatic carbocycles. The molecule has 1 unspecified atom stereocenters. The SMILES string of the molecule is CCOc1ccccc1-c1n[nH]c2c1CN(CC1CCOC(C)(C)C1)CC2. The standard InChI is InChI=1S/C22H31N3O2/c1-4-26-20-8-6-5-7-17(20)21-18-15-25(11-9-19(18)23-24-21)14-16-10-12-27-22(2,3)13-16/h5-8,16H,4,9-15H2,1-3H3,(H,23,24). The number of para-hydroxylation sites is 1. The van der Waals surface area contributed by atoms with Crippen molar-refractivity contribution in [2.45, 2.75) is 52.2 Å². The first-order valence-electron chi connectivity index (χ1n) is 10.2. The Morgan fingerprint density at radius 3 is 3.00 bits per heavy atom. The third kappa shape index (κ3) is 4.04. The number of aromatic amines is 1. The Morgan fingerprint density at radius 1 is 1.33 bits per heavy atom. The van der Waals surface area contributed by atoms with Crippen LogP contribution in [0.25, 0.3) is 11.3 Å². The Morgan fingerprint density at radius 2 is 2.19 bits per heavy atom. The van der Waals surface area contributed by atoms with E-state index in [1.54, 1.807) is 0 Å². The minimum atomic E-state index is 0.0150. The maximum atomic E-state index is 5.89. The van der Waals surface area contributed by atoms with Gasteiger partial charge >= 0.3 is 0 Å². The van der Waals surface area contributed by atoms with Crippen molar-refractivity contribution in [1.29, 1.82) is 0 Å². The summed E-state index contributed by atoms with van der Waals surface area (Å²) in [6.45, 7) is 11.2. The zero-order chi connectivity index (χ0) is 18.9. The maximum absolute atomic E-state index is 5.89. The fourth-order valence-electron chi connectivity index (χ4n) is 4.55. The van der Waals surface area contributed by atoms with E-state index in [9.17, 15) is 0 Å². The van der Waals surface area contributed by atoms with Gasteiger partial charge in [0.05, 0.1) is 12.2 Å². The fraction of sp³-hybridized carbons (Fsp3) is 0.591. The molecule has 1 atom stereocenters. The second kappa shape index (κ2) is 7.64. The maximum Gasteiger partial charge on any atom is 0.128 e. The molecule has 2 aromatic rings. The van der Waals surface area contributed by atoms with Crippen LogP contribution >= 0.6 is 0 Å². The number of nitrogens with one attached hydrogen (secondary N) is 1. The van der Waals surface area contributed by atoms with Crippen molar-refractivity contribution in [2.75, 3.05) is 26.3 Å². The smallest absolute Gasteiger partial charge is 0.128 e. The molecule has 27 heavy (non-hydrogen) atoms. The van der Waals surface area contributed by atoms with E-state index in [0.29, 0.717) is 12.5 Å². The monoisotopic (exact) mass is 369 g/mol. The van der Waals surface area contributed by atoms with Crippen LogP contribution < -0.4 is 4.74 Å². The predicted molar refractivity (Wildman–Crippen MR) is 107 cm³/mol. The lowest BCUT2D eigenvalue weighted by molar-refractivity contribution is -0.0773. The Balaban J connectivity index is 1.52. The summed E-state index contributed by atoms with van der Waals surface area (Å²) < 4.78 is 11.7. The first-order valence-corrected chi connectivity index (χ1v) is 10.2. The highest BCUT2D eigenvalue weighted by Gasteiger charge is 2.31. The molecular formula is C22H31N3O2. The summed E-state index contributed by atoms with van der Waals surface area (Å²) in [4.78, 5) is 2.59. The number of hydrogen-bond acceptors (Lipinski definition) is 4. The van der Waals surface area contributed by atoms with Crippen molar-refractivity contribution >= 4 is 0 Å². The fourth-order valence-corrected chi connectivity index (χ4v) is 4.55. The van der Waals surface area contributed by atoms with Crippen LogP contribution in [0.4, 0.5) is 0 Å². The largest absolute Gasteiger partial charge is 0.493 e. The topological polar surface area (TPSA) is 50.4 Å². The first-order chi connectivity index (χ1) is 13.1. The van der Waals surface area contributed by atoms with Crippen LogP contribution in [0.1, 0.15) is 44.9 Å². The van der Waals surface area contributed by atoms with Crippen LogP contribution in [0.3, 0.4) is 0 Å². The van der Waals surface area contributed by atoms with Gasteiger partial charge in [0.25, 0.3) is 0 Å². The Hall–Kier alpha value is -1.85. The van der Waals surface area contributed by atoms with Gasteiger partial charge in [0.2, 0.25) is 0 Å². The second-order valence-electron chi connectivity index (χ2n) is 8.41. The molecule has 1 fully saturated rings. The molecule has 1 aromatic heterocycles. The highest BCUT2D eigenvalue weighted by molar-refractivity contribution is 5.70. The van der Waals surface area contributed by atoms with E-state index in [1.807, 2.05) is 19.1 Å². The Labute approximate surface area is 162 Å². The molecular weight excluding hydrogens is 338 g/mol. The summed E-state index contributed by atoms with van der Waals surface area (Å²) in [6, 6.07) is 8.22. The van der Waals surface area contributed by atoms with Crippen LogP contribution in [-0.2, 0) is 17.7 Å². The molecule has 1 N–H and O–H groups in total. The molecule has 0 spiro atoms. The van der Waals surface area contributed by atoms with E-state index in [-0.39, 0.29) is 5.60 Å². The first kappa shape index (κ1) is 18.5. The molecule has 5 nitrogen and oxygen atoms in total. The third-order valence-electron chi connectivity index (χ3n) is 5.77. The van der Waals surface area contributed by atoms with Crippen molar-refractivity contribution in [2.24, 2.45) is 5.92 Å². The number of H-pyrrole nitrogens is 1. The van der Waals surface area contributed by atoms with Gasteiger partial charge in [-0.2, -0.15) is 5.10 Å². The molecule has 4 rings (SSSR count). The van der Waals surface area contributed by atoms with E-state index in [1.165, 1.54) is 11.3 Å². The minimum absolute atomic E-state index is 0.0150. The predicted octanol–water partition coefficient (Wildman–Crippen LogP) is 4.04. The molecule has 1 saturated heterocycles. The zero-order valence-corrected chi connectivity index (χ0v) is 16.8. The summed E-state index contributed by atoms with van der Waals surface area (Å²) in [5.41, 5.74) is 4.76. The summed E-state index contributed by atoms with van der Waals surface area (Å²) in [7, 11) is 0. The third-order valence-corrected chi connectivity index (χ3v) is 5.77. The average molecular weight is 370 g/mol. The van der Waals surface area contributed by atoms with Gasteiger partial charge in [-0.15, -0.1) is 0 Å². The summed E-state index contributed by atoms with van der Waals surface area (Å²) >= 11 is 0. The van der Waals surface area contributed by atoms with Crippen LogP contribution in [-0.4, -0.2) is 47.0 Å². The van der Waals surface area contributed by atoms with Gasteiger partial charge in [-0.1, -0.05) is 12.1 Å². The van der Waals surface area contributed by atoms with Crippen molar-refractivity contribution < 1.29 is 9.47 Å². The van der Waals surface area contributed by atoms with E-state index in [2.05, 4.69) is 41.1 Å². The van der Waals surface area contributed by atoms with Gasteiger partial charge in [0, 0.05) is 49.5 Å². The average Bonchev–Trinajstić information content (AvgIpc) is 3.05. The van der Waals surface area contributed by atoms with Gasteiger partial charge in [-0.25, -0.2) is 0 Å². The quantitative estimate of drug-likeness (QED) is 0.864. The normalized spacial score (nSPS) is 22.4. The van der Waals surface area contributed by atoms with Gasteiger partial charge in [-0.05, 0) is 51.7 Å². The molecule has 0 bridgehead atoms. The Bertz CT molecular complexity index is 784. The second-order valence-corrected chi connectivity index (χ2v) is 8.41. The van der Waals surface area contributed by atoms with Crippen LogP contribution in [0.2, 0.25) is 0 Å². The molecule has 5 heteroatoms. The summed E-state index contributed by atoms with van der Waals surface area (Å²) in [5, 5.41) is 7.94. The number of ether oxygens (including phenoxy) is 2. The highest BCUT2D eigenvalue weighted by Crippen LogP contribution is 2.35. The van der Waals surface area contributed by atoms with Crippen molar-refractivity contribution in [1.82, 2.24) is 15.1 Å². The van der Waals surface area contributed by atoms with Crippen LogP contribution in [0.15, 0.2) is 24.3 Å². The van der Waals surface area contributed by atoms with E-state index >= 15 is 0 Å². The number of rotatable bonds is 5. The van der Waals surface area contributed by atoms with Gasteiger partial charge < -0.3 is 9.47 Å². The summed E-state index contributed by atoms with van der Waals surface area (Å²) in [5.74, 6) is 1.62. The molecule has 0 amide bonds. The lowest BCUT2D eigenvalue weighted by Crippen LogP contribution is -2.41. The molecule has 2 aliphatic rings. The van der Waals surface area contributed by atoms with E-state index in [4.69, 9.17) is 9.47 Å². The number of benzene rings is 1. The van der Waals surface area contributed by atoms with E-state index < -0.39 is 0 Å². The van der Waals surface area contributed by atoms with Crippen LogP contribution in [0.5, 0.6) is 5.75 Å². The molecule has 0 aliphatic carbocycles. The molecule has 0 saturated carbocycles. The Kier molecular flexibility index (Phi) is 5.24. The van der Waals surface area contributed by atoms with Crippen molar-refractivity contribution in [3.8, 4) is 17.0 Å². The summed E-state index contributed by atoms with van der Waals surface area (Å²) in [6.07, 6.45) is 3.34. The zero-order valence-electron chi connectivity index (χ0n) is 16.8. The lowest BCUT2D eigenvalue weighted by Gasteiger charge is -2.38. The van der Waals surface area contributed by atoms with Crippen LogP contribution in [0, 0.1) is 5.92 Å². The number of aromatic nitrogens is 2. The van der Waals surface area contributed by atoms with Crippen molar-refractivity contribution in [3.63, 3.8) is 0 Å². The number of fused-ring (bicyclic) bond motifs is 1. The number of hydrogen-bond donors (Lipinski definition) is 1. The molecule has 3 heterocycles. The lowest BCUT2D eigenvalue weighted by atomic mass is 9.87.